The lowest BCUT2D eigenvalue weighted by Gasteiger charge is -2.02. The lowest BCUT2D eigenvalue weighted by atomic mass is 10.0. The highest BCUT2D eigenvalue weighted by molar-refractivity contribution is 5.94. The van der Waals surface area contributed by atoms with Crippen LogP contribution >= 0.6 is 0 Å². The van der Waals surface area contributed by atoms with E-state index in [0.717, 1.165) is 16.7 Å². The summed E-state index contributed by atoms with van der Waals surface area (Å²) in [4.78, 5) is 11.1. The van der Waals surface area contributed by atoms with Gasteiger partial charge in [0, 0.05) is 12.2 Å². The molecular weight excluding hydrogens is 188 g/mol. The summed E-state index contributed by atoms with van der Waals surface area (Å²) >= 11 is 0. The molecule has 0 aliphatic heterocycles. The van der Waals surface area contributed by atoms with Gasteiger partial charge >= 0.3 is 0 Å². The van der Waals surface area contributed by atoms with Crippen LogP contribution in [0.15, 0.2) is 24.3 Å². The van der Waals surface area contributed by atoms with Crippen LogP contribution in [-0.4, -0.2) is 17.5 Å². The Labute approximate surface area is 90.3 Å². The number of hydrogen-bond acceptors (Lipinski definition) is 2. The molecule has 0 amide bonds. The van der Waals surface area contributed by atoms with Gasteiger partial charge in [-0.25, -0.2) is 0 Å². The maximum atomic E-state index is 11.1. The molecule has 0 heterocycles. The summed E-state index contributed by atoms with van der Waals surface area (Å²) in [7, 11) is 0. The molecule has 1 aromatic rings. The van der Waals surface area contributed by atoms with Gasteiger partial charge in [-0.05, 0) is 37.5 Å². The minimum Gasteiger partial charge on any atom is -0.396 e. The second-order valence-electron chi connectivity index (χ2n) is 3.54. The second-order valence-corrected chi connectivity index (χ2v) is 3.54. The molecule has 0 unspecified atom stereocenters. The van der Waals surface area contributed by atoms with Crippen molar-refractivity contribution in [1.82, 2.24) is 0 Å². The molecule has 2 nitrogen and oxygen atoms in total. The predicted octanol–water partition coefficient (Wildman–Crippen LogP) is 2.59. The highest BCUT2D eigenvalue weighted by Crippen LogP contribution is 2.13. The maximum Gasteiger partial charge on any atom is 0.159 e. The fourth-order valence-electron chi connectivity index (χ4n) is 1.37. The SMILES string of the molecule is CC(=O)c1ccc(C=CCCO)c(C)c1. The number of aliphatic hydroxyl groups excluding tert-OH is 1. The standard InChI is InChI=1S/C13H16O2/c1-10-9-13(11(2)15)7-6-12(10)5-3-4-8-14/h3,5-7,9,14H,4,8H2,1-2H3. The van der Waals surface area contributed by atoms with E-state index < -0.39 is 0 Å². The van der Waals surface area contributed by atoms with Crippen molar-refractivity contribution in [2.75, 3.05) is 6.61 Å². The van der Waals surface area contributed by atoms with Crippen LogP contribution < -0.4 is 0 Å². The molecule has 0 spiro atoms. The van der Waals surface area contributed by atoms with Crippen molar-refractivity contribution in [2.24, 2.45) is 0 Å². The Kier molecular flexibility index (Phi) is 4.25. The third kappa shape index (κ3) is 3.33. The molecule has 0 atom stereocenters. The average Bonchev–Trinajstić information content (AvgIpc) is 2.20. The van der Waals surface area contributed by atoms with Crippen molar-refractivity contribution in [1.29, 1.82) is 0 Å². The normalized spacial score (nSPS) is 10.9. The van der Waals surface area contributed by atoms with Crippen LogP contribution in [0.3, 0.4) is 0 Å². The third-order valence-corrected chi connectivity index (χ3v) is 2.27. The fourth-order valence-corrected chi connectivity index (χ4v) is 1.37. The van der Waals surface area contributed by atoms with Crippen LogP contribution in [0.5, 0.6) is 0 Å². The quantitative estimate of drug-likeness (QED) is 0.765. The zero-order valence-corrected chi connectivity index (χ0v) is 9.16. The Bertz CT molecular complexity index is 378. The topological polar surface area (TPSA) is 37.3 Å². The van der Waals surface area contributed by atoms with Crippen LogP contribution in [0.25, 0.3) is 6.08 Å². The van der Waals surface area contributed by atoms with Gasteiger partial charge in [-0.15, -0.1) is 0 Å². The number of hydrogen-bond donors (Lipinski definition) is 1. The van der Waals surface area contributed by atoms with Gasteiger partial charge in [0.05, 0.1) is 0 Å². The molecule has 0 aliphatic carbocycles. The maximum absolute atomic E-state index is 11.1. The molecule has 0 saturated heterocycles. The molecule has 15 heavy (non-hydrogen) atoms. The Morgan fingerprint density at radius 2 is 2.20 bits per heavy atom. The number of ketones is 1. The minimum absolute atomic E-state index is 0.0870. The number of aryl methyl sites for hydroxylation is 1. The molecule has 80 valence electrons. The number of benzene rings is 1. The molecule has 0 aliphatic rings. The number of carbonyl (C=O) groups excluding carboxylic acids is 1. The smallest absolute Gasteiger partial charge is 0.159 e. The van der Waals surface area contributed by atoms with Gasteiger partial charge in [-0.2, -0.15) is 0 Å². The van der Waals surface area contributed by atoms with E-state index in [-0.39, 0.29) is 12.4 Å². The monoisotopic (exact) mass is 204 g/mol. The van der Waals surface area contributed by atoms with Crippen molar-refractivity contribution in [3.05, 3.63) is 41.0 Å². The summed E-state index contributed by atoms with van der Waals surface area (Å²) in [5.74, 6) is 0.0870. The van der Waals surface area contributed by atoms with Gasteiger partial charge in [0.15, 0.2) is 5.78 Å². The first-order valence-corrected chi connectivity index (χ1v) is 5.04. The Morgan fingerprint density at radius 3 is 2.73 bits per heavy atom. The number of rotatable bonds is 4. The molecule has 1 N–H and O–H groups in total. The first-order valence-electron chi connectivity index (χ1n) is 5.04. The zero-order valence-electron chi connectivity index (χ0n) is 9.16. The van der Waals surface area contributed by atoms with Crippen molar-refractivity contribution in [3.8, 4) is 0 Å². The van der Waals surface area contributed by atoms with E-state index in [1.807, 2.05) is 37.3 Å². The first-order chi connectivity index (χ1) is 7.15. The first kappa shape index (κ1) is 11.7. The van der Waals surface area contributed by atoms with Crippen molar-refractivity contribution in [2.45, 2.75) is 20.3 Å². The number of aliphatic hydroxyl groups is 1. The Morgan fingerprint density at radius 1 is 1.47 bits per heavy atom. The molecule has 1 rings (SSSR count). The predicted molar refractivity (Wildman–Crippen MR) is 61.9 cm³/mol. The summed E-state index contributed by atoms with van der Waals surface area (Å²) in [6, 6.07) is 5.65. The highest BCUT2D eigenvalue weighted by Gasteiger charge is 2.00. The molecule has 0 fully saturated rings. The van der Waals surface area contributed by atoms with E-state index in [2.05, 4.69) is 0 Å². The average molecular weight is 204 g/mol. The van der Waals surface area contributed by atoms with Gasteiger partial charge in [0.25, 0.3) is 0 Å². The van der Waals surface area contributed by atoms with Gasteiger partial charge in [-0.1, -0.05) is 24.3 Å². The summed E-state index contributed by atoms with van der Waals surface area (Å²) in [5.41, 5.74) is 2.91. The van der Waals surface area contributed by atoms with Crippen molar-refractivity contribution < 1.29 is 9.90 Å². The lowest BCUT2D eigenvalue weighted by Crippen LogP contribution is -1.93. The molecule has 0 aromatic heterocycles. The summed E-state index contributed by atoms with van der Waals surface area (Å²) in [6.45, 7) is 3.71. The van der Waals surface area contributed by atoms with Crippen LogP contribution in [-0.2, 0) is 0 Å². The molecule has 0 saturated carbocycles. The van der Waals surface area contributed by atoms with E-state index in [9.17, 15) is 4.79 Å². The Balaban J connectivity index is 2.88. The van der Waals surface area contributed by atoms with E-state index in [4.69, 9.17) is 5.11 Å². The molecular formula is C13H16O2. The Hall–Kier alpha value is -1.41. The van der Waals surface area contributed by atoms with Crippen LogP contribution in [0.2, 0.25) is 0 Å². The van der Waals surface area contributed by atoms with Gasteiger partial charge in [-0.3, -0.25) is 4.79 Å². The van der Waals surface area contributed by atoms with E-state index in [1.54, 1.807) is 6.92 Å². The van der Waals surface area contributed by atoms with Gasteiger partial charge < -0.3 is 5.11 Å². The van der Waals surface area contributed by atoms with Gasteiger partial charge in [0.2, 0.25) is 0 Å². The largest absolute Gasteiger partial charge is 0.396 e. The minimum atomic E-state index is 0.0870. The molecule has 0 radical (unpaired) electrons. The summed E-state index contributed by atoms with van der Waals surface area (Å²) in [6.07, 6.45) is 4.55. The molecule has 1 aromatic carbocycles. The van der Waals surface area contributed by atoms with Gasteiger partial charge in [0.1, 0.15) is 0 Å². The van der Waals surface area contributed by atoms with Crippen molar-refractivity contribution in [3.63, 3.8) is 0 Å². The molecule has 0 bridgehead atoms. The van der Waals surface area contributed by atoms with Crippen LogP contribution in [0.4, 0.5) is 0 Å². The lowest BCUT2D eigenvalue weighted by molar-refractivity contribution is 0.101. The van der Waals surface area contributed by atoms with Crippen LogP contribution in [0, 0.1) is 6.92 Å². The van der Waals surface area contributed by atoms with E-state index in [1.165, 1.54) is 0 Å². The second kappa shape index (κ2) is 5.47. The van der Waals surface area contributed by atoms with E-state index in [0.29, 0.717) is 6.42 Å². The molecule has 2 heteroatoms. The van der Waals surface area contributed by atoms with Crippen molar-refractivity contribution >= 4 is 11.9 Å². The number of carbonyl (C=O) groups is 1. The van der Waals surface area contributed by atoms with Crippen LogP contribution in [0.1, 0.15) is 34.8 Å². The summed E-state index contributed by atoms with van der Waals surface area (Å²) < 4.78 is 0. The number of Topliss-reactive ketones (excluding diaryl/α,β-unsaturated/α-hetero) is 1. The van der Waals surface area contributed by atoms with E-state index >= 15 is 0 Å². The zero-order chi connectivity index (χ0) is 11.3. The highest BCUT2D eigenvalue weighted by atomic mass is 16.2. The summed E-state index contributed by atoms with van der Waals surface area (Å²) in [5, 5.41) is 8.63. The fraction of sp³-hybridized carbons (Fsp3) is 0.308. The third-order valence-electron chi connectivity index (χ3n) is 2.27.